The average molecular weight is 327 g/mol. The fourth-order valence-corrected chi connectivity index (χ4v) is 3.25. The molecule has 19 heavy (non-hydrogen) atoms. The highest BCUT2D eigenvalue weighted by Crippen LogP contribution is 2.24. The molecule has 0 radical (unpaired) electrons. The molecule has 2 rings (SSSR count). The lowest BCUT2D eigenvalue weighted by Crippen LogP contribution is -2.51. The molecule has 1 aliphatic rings. The first-order chi connectivity index (χ1) is 9.26. The number of hydrogen-bond donors (Lipinski definition) is 1. The molecule has 1 atom stereocenters. The van der Waals surface area contributed by atoms with Crippen molar-refractivity contribution in [1.29, 1.82) is 0 Å². The maximum Gasteiger partial charge on any atom is 0.142 e. The standard InChI is InChI=1S/C14H23BrN4/c1-2-12(5-6-16)18-8-10-19(11-9-18)14-13(15)4-3-7-17-14/h3-4,7,12H,2,5-6,8-11,16H2,1H3. The van der Waals surface area contributed by atoms with Crippen LogP contribution in [0.5, 0.6) is 0 Å². The average Bonchev–Trinajstić information content (AvgIpc) is 2.46. The van der Waals surface area contributed by atoms with E-state index in [1.165, 1.54) is 6.42 Å². The van der Waals surface area contributed by atoms with Crippen molar-refractivity contribution in [2.24, 2.45) is 5.73 Å². The van der Waals surface area contributed by atoms with Crippen LogP contribution in [0.25, 0.3) is 0 Å². The van der Waals surface area contributed by atoms with Gasteiger partial charge in [0.1, 0.15) is 5.82 Å². The second-order valence-corrected chi connectivity index (χ2v) is 5.83. The Bertz CT molecular complexity index is 391. The van der Waals surface area contributed by atoms with Crippen LogP contribution in [-0.4, -0.2) is 48.6 Å². The maximum atomic E-state index is 5.70. The predicted octanol–water partition coefficient (Wildman–Crippen LogP) is 2.09. The van der Waals surface area contributed by atoms with Gasteiger partial charge in [-0.25, -0.2) is 4.98 Å². The van der Waals surface area contributed by atoms with Gasteiger partial charge in [0.15, 0.2) is 0 Å². The summed E-state index contributed by atoms with van der Waals surface area (Å²) in [6, 6.07) is 4.65. The van der Waals surface area contributed by atoms with Gasteiger partial charge in [0.05, 0.1) is 4.47 Å². The minimum Gasteiger partial charge on any atom is -0.353 e. The molecule has 2 N–H and O–H groups in total. The minimum atomic E-state index is 0.638. The predicted molar refractivity (Wildman–Crippen MR) is 83.5 cm³/mol. The molecule has 1 fully saturated rings. The SMILES string of the molecule is CCC(CCN)N1CCN(c2ncccc2Br)CC1. The summed E-state index contributed by atoms with van der Waals surface area (Å²) in [5.41, 5.74) is 5.70. The van der Waals surface area contributed by atoms with Gasteiger partial charge >= 0.3 is 0 Å². The lowest BCUT2D eigenvalue weighted by molar-refractivity contribution is 0.173. The Morgan fingerprint density at radius 2 is 2.11 bits per heavy atom. The number of rotatable bonds is 5. The van der Waals surface area contributed by atoms with Crippen LogP contribution in [0.15, 0.2) is 22.8 Å². The summed E-state index contributed by atoms with van der Waals surface area (Å²) < 4.78 is 1.08. The number of nitrogens with two attached hydrogens (primary N) is 1. The minimum absolute atomic E-state index is 0.638. The number of anilines is 1. The van der Waals surface area contributed by atoms with E-state index >= 15 is 0 Å². The van der Waals surface area contributed by atoms with Crippen molar-refractivity contribution in [3.05, 3.63) is 22.8 Å². The molecule has 0 aliphatic carbocycles. The first-order valence-electron chi connectivity index (χ1n) is 7.05. The molecule has 0 saturated carbocycles. The number of hydrogen-bond acceptors (Lipinski definition) is 4. The molecule has 5 heteroatoms. The molecular formula is C14H23BrN4. The van der Waals surface area contributed by atoms with Crippen LogP contribution in [0.2, 0.25) is 0 Å². The van der Waals surface area contributed by atoms with E-state index in [9.17, 15) is 0 Å². The van der Waals surface area contributed by atoms with Crippen molar-refractivity contribution in [1.82, 2.24) is 9.88 Å². The van der Waals surface area contributed by atoms with E-state index in [2.05, 4.69) is 43.7 Å². The Hall–Kier alpha value is -0.650. The molecule has 1 aromatic heterocycles. The Balaban J connectivity index is 1.94. The fraction of sp³-hybridized carbons (Fsp3) is 0.643. The van der Waals surface area contributed by atoms with E-state index in [4.69, 9.17) is 5.73 Å². The summed E-state index contributed by atoms with van der Waals surface area (Å²) in [7, 11) is 0. The van der Waals surface area contributed by atoms with E-state index in [0.717, 1.165) is 49.4 Å². The molecule has 106 valence electrons. The summed E-state index contributed by atoms with van der Waals surface area (Å²) in [4.78, 5) is 9.40. The Morgan fingerprint density at radius 1 is 1.37 bits per heavy atom. The third-order valence-corrected chi connectivity index (χ3v) is 4.46. The number of halogens is 1. The summed E-state index contributed by atoms with van der Waals surface area (Å²) >= 11 is 3.58. The van der Waals surface area contributed by atoms with Gasteiger partial charge in [-0.05, 0) is 47.4 Å². The lowest BCUT2D eigenvalue weighted by Gasteiger charge is -2.39. The van der Waals surface area contributed by atoms with Gasteiger partial charge in [-0.2, -0.15) is 0 Å². The highest BCUT2D eigenvalue weighted by molar-refractivity contribution is 9.10. The molecule has 0 amide bonds. The van der Waals surface area contributed by atoms with Gasteiger partial charge in [0, 0.05) is 38.4 Å². The highest BCUT2D eigenvalue weighted by Gasteiger charge is 2.23. The molecule has 0 bridgehead atoms. The zero-order valence-electron chi connectivity index (χ0n) is 11.6. The van der Waals surface area contributed by atoms with Crippen LogP contribution in [0.4, 0.5) is 5.82 Å². The molecule has 1 aromatic rings. The van der Waals surface area contributed by atoms with Crippen LogP contribution in [0.1, 0.15) is 19.8 Å². The number of piperazine rings is 1. The zero-order valence-corrected chi connectivity index (χ0v) is 13.1. The zero-order chi connectivity index (χ0) is 13.7. The monoisotopic (exact) mass is 326 g/mol. The molecule has 0 aromatic carbocycles. The molecule has 4 nitrogen and oxygen atoms in total. The second kappa shape index (κ2) is 7.22. The second-order valence-electron chi connectivity index (χ2n) is 4.97. The summed E-state index contributed by atoms with van der Waals surface area (Å²) in [6.07, 6.45) is 4.14. The number of pyridine rings is 1. The van der Waals surface area contributed by atoms with Crippen molar-refractivity contribution in [2.45, 2.75) is 25.8 Å². The fourth-order valence-electron chi connectivity index (χ4n) is 2.75. The lowest BCUT2D eigenvalue weighted by atomic mass is 10.1. The normalized spacial score (nSPS) is 18.6. The van der Waals surface area contributed by atoms with Crippen LogP contribution in [-0.2, 0) is 0 Å². The quantitative estimate of drug-likeness (QED) is 0.900. The Labute approximate surface area is 124 Å². The largest absolute Gasteiger partial charge is 0.353 e. The molecule has 1 saturated heterocycles. The molecular weight excluding hydrogens is 304 g/mol. The van der Waals surface area contributed by atoms with Gasteiger partial charge in [0.2, 0.25) is 0 Å². The van der Waals surface area contributed by atoms with Crippen LogP contribution < -0.4 is 10.6 Å². The van der Waals surface area contributed by atoms with Gasteiger partial charge in [-0.15, -0.1) is 0 Å². The van der Waals surface area contributed by atoms with Crippen LogP contribution in [0, 0.1) is 0 Å². The first-order valence-corrected chi connectivity index (χ1v) is 7.85. The van der Waals surface area contributed by atoms with E-state index in [1.807, 2.05) is 12.3 Å². The van der Waals surface area contributed by atoms with Crippen molar-refractivity contribution in [2.75, 3.05) is 37.6 Å². The van der Waals surface area contributed by atoms with Crippen molar-refractivity contribution < 1.29 is 0 Å². The first kappa shape index (κ1) is 14.8. The van der Waals surface area contributed by atoms with Crippen LogP contribution in [0.3, 0.4) is 0 Å². The van der Waals surface area contributed by atoms with Crippen molar-refractivity contribution in [3.8, 4) is 0 Å². The third-order valence-electron chi connectivity index (χ3n) is 3.84. The molecule has 1 aliphatic heterocycles. The van der Waals surface area contributed by atoms with Crippen molar-refractivity contribution in [3.63, 3.8) is 0 Å². The highest BCUT2D eigenvalue weighted by atomic mass is 79.9. The third kappa shape index (κ3) is 3.68. The molecule has 1 unspecified atom stereocenters. The van der Waals surface area contributed by atoms with Gasteiger partial charge in [0.25, 0.3) is 0 Å². The maximum absolute atomic E-state index is 5.70. The van der Waals surface area contributed by atoms with E-state index in [0.29, 0.717) is 6.04 Å². The van der Waals surface area contributed by atoms with Gasteiger partial charge in [-0.1, -0.05) is 6.92 Å². The smallest absolute Gasteiger partial charge is 0.142 e. The van der Waals surface area contributed by atoms with E-state index in [-0.39, 0.29) is 0 Å². The molecule has 2 heterocycles. The topological polar surface area (TPSA) is 45.4 Å². The summed E-state index contributed by atoms with van der Waals surface area (Å²) in [5.74, 6) is 1.06. The van der Waals surface area contributed by atoms with E-state index < -0.39 is 0 Å². The number of aromatic nitrogens is 1. The van der Waals surface area contributed by atoms with Gasteiger partial charge < -0.3 is 10.6 Å². The van der Waals surface area contributed by atoms with Crippen molar-refractivity contribution >= 4 is 21.7 Å². The van der Waals surface area contributed by atoms with Crippen LogP contribution >= 0.6 is 15.9 Å². The number of nitrogens with zero attached hydrogens (tertiary/aromatic N) is 3. The van der Waals surface area contributed by atoms with E-state index in [1.54, 1.807) is 0 Å². The molecule has 0 spiro atoms. The summed E-state index contributed by atoms with van der Waals surface area (Å²) in [6.45, 7) is 7.31. The Kier molecular flexibility index (Phi) is 5.60. The van der Waals surface area contributed by atoms with Gasteiger partial charge in [-0.3, -0.25) is 4.90 Å². The Morgan fingerprint density at radius 3 is 2.68 bits per heavy atom. The summed E-state index contributed by atoms with van der Waals surface area (Å²) in [5, 5.41) is 0.